The Bertz CT molecular complexity index is 381. The topological polar surface area (TPSA) is 62.3 Å². The number of nitriles is 1. The predicted octanol–water partition coefficient (Wildman–Crippen LogP) is 2.27. The van der Waals surface area contributed by atoms with E-state index in [1.54, 1.807) is 0 Å². The summed E-state index contributed by atoms with van der Waals surface area (Å²) in [6, 6.07) is 9.98. The molecule has 0 bridgehead atoms. The summed E-state index contributed by atoms with van der Waals surface area (Å²) in [6.07, 6.45) is 0.556. The van der Waals surface area contributed by atoms with Gasteiger partial charge in [-0.05, 0) is 38.1 Å². The van der Waals surface area contributed by atoms with Crippen LogP contribution in [0.2, 0.25) is 0 Å². The number of benzene rings is 1. The fraction of sp³-hybridized carbons (Fsp3) is 0.500. The highest BCUT2D eigenvalue weighted by molar-refractivity contribution is 5.41. The van der Waals surface area contributed by atoms with Crippen LogP contribution in [0.5, 0.6) is 5.75 Å². The monoisotopic (exact) mass is 247 g/mol. The lowest BCUT2D eigenvalue weighted by Crippen LogP contribution is -2.35. The number of nitrogens with two attached hydrogens (primary N) is 1. The van der Waals surface area contributed by atoms with Gasteiger partial charge in [0.25, 0.3) is 0 Å². The van der Waals surface area contributed by atoms with Crippen molar-refractivity contribution in [1.29, 1.82) is 5.26 Å². The number of hydrogen-bond acceptors (Lipinski definition) is 4. The Kier molecular flexibility index (Phi) is 6.03. The molecule has 4 nitrogen and oxygen atoms in total. The Morgan fingerprint density at radius 2 is 1.94 bits per heavy atom. The molecule has 0 atom stereocenters. The van der Waals surface area contributed by atoms with Gasteiger partial charge in [-0.1, -0.05) is 0 Å². The maximum atomic E-state index is 8.61. The lowest BCUT2D eigenvalue weighted by atomic mass is 10.3. The van der Waals surface area contributed by atoms with Gasteiger partial charge in [0.15, 0.2) is 0 Å². The van der Waals surface area contributed by atoms with E-state index < -0.39 is 0 Å². The summed E-state index contributed by atoms with van der Waals surface area (Å²) >= 11 is 0. The van der Waals surface area contributed by atoms with Crippen molar-refractivity contribution in [3.63, 3.8) is 0 Å². The molecule has 1 aromatic rings. The lowest BCUT2D eigenvalue weighted by Gasteiger charge is -2.25. The number of rotatable bonds is 7. The summed E-state index contributed by atoms with van der Waals surface area (Å²) in [5.41, 5.74) is 6.34. The molecule has 0 spiro atoms. The fourth-order valence-electron chi connectivity index (χ4n) is 1.67. The smallest absolute Gasteiger partial charge is 0.119 e. The Morgan fingerprint density at radius 3 is 2.50 bits per heavy atom. The number of ether oxygens (including phenoxy) is 1. The number of nitrogens with zero attached hydrogens (tertiary/aromatic N) is 2. The summed E-state index contributed by atoms with van der Waals surface area (Å²) < 4.78 is 5.64. The zero-order valence-corrected chi connectivity index (χ0v) is 11.1. The molecule has 1 rings (SSSR count). The van der Waals surface area contributed by atoms with Crippen molar-refractivity contribution in [2.24, 2.45) is 0 Å². The van der Waals surface area contributed by atoms with E-state index in [0.29, 0.717) is 19.1 Å². The molecule has 0 saturated heterocycles. The number of anilines is 1. The highest BCUT2D eigenvalue weighted by atomic mass is 16.5. The third kappa shape index (κ3) is 5.07. The minimum absolute atomic E-state index is 0.424. The van der Waals surface area contributed by atoms with Crippen LogP contribution in [0.1, 0.15) is 20.3 Å². The number of nitrogen functional groups attached to an aromatic ring is 1. The zero-order valence-electron chi connectivity index (χ0n) is 11.1. The summed E-state index contributed by atoms with van der Waals surface area (Å²) in [5, 5.41) is 8.61. The molecule has 0 radical (unpaired) electrons. The molecule has 0 heterocycles. The maximum absolute atomic E-state index is 8.61. The van der Waals surface area contributed by atoms with E-state index in [9.17, 15) is 0 Å². The molecule has 2 N–H and O–H groups in total. The van der Waals surface area contributed by atoms with Crippen LogP contribution < -0.4 is 10.5 Å². The summed E-state index contributed by atoms with van der Waals surface area (Å²) in [7, 11) is 0. The average molecular weight is 247 g/mol. The van der Waals surface area contributed by atoms with Crippen LogP contribution in [0.25, 0.3) is 0 Å². The molecule has 0 aliphatic carbocycles. The van der Waals surface area contributed by atoms with Crippen molar-refractivity contribution in [3.05, 3.63) is 24.3 Å². The number of hydrogen-bond donors (Lipinski definition) is 1. The molecule has 0 aromatic heterocycles. The second-order valence-electron chi connectivity index (χ2n) is 4.46. The molecule has 0 unspecified atom stereocenters. The van der Waals surface area contributed by atoms with Gasteiger partial charge in [0.2, 0.25) is 0 Å². The van der Waals surface area contributed by atoms with E-state index in [0.717, 1.165) is 24.5 Å². The van der Waals surface area contributed by atoms with E-state index in [2.05, 4.69) is 24.8 Å². The van der Waals surface area contributed by atoms with Gasteiger partial charge in [-0.2, -0.15) is 5.26 Å². The molecule has 0 saturated carbocycles. The SMILES string of the molecule is CC(C)N(CCC#N)CCOc1ccc(N)cc1. The second kappa shape index (κ2) is 7.57. The van der Waals surface area contributed by atoms with Crippen LogP contribution >= 0.6 is 0 Å². The van der Waals surface area contributed by atoms with Gasteiger partial charge in [0.1, 0.15) is 12.4 Å². The van der Waals surface area contributed by atoms with Gasteiger partial charge in [-0.15, -0.1) is 0 Å². The van der Waals surface area contributed by atoms with Gasteiger partial charge in [0, 0.05) is 31.2 Å². The van der Waals surface area contributed by atoms with Gasteiger partial charge in [-0.3, -0.25) is 4.90 Å². The Labute approximate surface area is 109 Å². The minimum Gasteiger partial charge on any atom is -0.492 e. The summed E-state index contributed by atoms with van der Waals surface area (Å²) in [6.45, 7) is 6.48. The van der Waals surface area contributed by atoms with Crippen molar-refractivity contribution in [3.8, 4) is 11.8 Å². The predicted molar refractivity (Wildman–Crippen MR) is 73.3 cm³/mol. The molecule has 4 heteroatoms. The average Bonchev–Trinajstić information content (AvgIpc) is 2.35. The first-order valence-corrected chi connectivity index (χ1v) is 6.23. The highest BCUT2D eigenvalue weighted by Gasteiger charge is 2.08. The Morgan fingerprint density at radius 1 is 1.28 bits per heavy atom. The van der Waals surface area contributed by atoms with Crippen LogP contribution in [-0.2, 0) is 0 Å². The van der Waals surface area contributed by atoms with Crippen molar-refractivity contribution in [2.45, 2.75) is 26.3 Å². The van der Waals surface area contributed by atoms with Crippen LogP contribution in [0, 0.1) is 11.3 Å². The van der Waals surface area contributed by atoms with Crippen LogP contribution in [-0.4, -0.2) is 30.6 Å². The quantitative estimate of drug-likeness (QED) is 0.751. The largest absolute Gasteiger partial charge is 0.492 e. The van der Waals surface area contributed by atoms with E-state index in [1.807, 2.05) is 24.3 Å². The summed E-state index contributed by atoms with van der Waals surface area (Å²) in [5.74, 6) is 0.827. The van der Waals surface area contributed by atoms with Gasteiger partial charge < -0.3 is 10.5 Å². The zero-order chi connectivity index (χ0) is 13.4. The normalized spacial score (nSPS) is 10.6. The molecule has 0 aliphatic heterocycles. The molecular weight excluding hydrogens is 226 g/mol. The molecular formula is C14H21N3O. The van der Waals surface area contributed by atoms with Gasteiger partial charge in [-0.25, -0.2) is 0 Å². The van der Waals surface area contributed by atoms with Crippen molar-refractivity contribution in [2.75, 3.05) is 25.4 Å². The van der Waals surface area contributed by atoms with Crippen molar-refractivity contribution >= 4 is 5.69 Å². The first-order valence-electron chi connectivity index (χ1n) is 6.23. The van der Waals surface area contributed by atoms with E-state index >= 15 is 0 Å². The van der Waals surface area contributed by atoms with E-state index in [4.69, 9.17) is 15.7 Å². The second-order valence-corrected chi connectivity index (χ2v) is 4.46. The lowest BCUT2D eigenvalue weighted by molar-refractivity contribution is 0.179. The Hall–Kier alpha value is -1.73. The Balaban J connectivity index is 2.34. The van der Waals surface area contributed by atoms with Crippen LogP contribution in [0.3, 0.4) is 0 Å². The minimum atomic E-state index is 0.424. The van der Waals surface area contributed by atoms with Crippen molar-refractivity contribution in [1.82, 2.24) is 4.90 Å². The van der Waals surface area contributed by atoms with E-state index in [-0.39, 0.29) is 0 Å². The van der Waals surface area contributed by atoms with Crippen LogP contribution in [0.4, 0.5) is 5.69 Å². The first kappa shape index (κ1) is 14.3. The van der Waals surface area contributed by atoms with Crippen molar-refractivity contribution < 1.29 is 4.74 Å². The summed E-state index contributed by atoms with van der Waals surface area (Å²) in [4.78, 5) is 2.24. The first-order chi connectivity index (χ1) is 8.63. The van der Waals surface area contributed by atoms with Gasteiger partial charge >= 0.3 is 0 Å². The molecule has 1 aromatic carbocycles. The fourth-order valence-corrected chi connectivity index (χ4v) is 1.67. The standard InChI is InChI=1S/C14H21N3O/c1-12(2)17(9-3-8-15)10-11-18-14-6-4-13(16)5-7-14/h4-7,12H,3,9-11,16H2,1-2H3. The van der Waals surface area contributed by atoms with Gasteiger partial charge in [0.05, 0.1) is 6.07 Å². The third-order valence-corrected chi connectivity index (χ3v) is 2.77. The highest BCUT2D eigenvalue weighted by Crippen LogP contribution is 2.13. The molecule has 0 fully saturated rings. The van der Waals surface area contributed by atoms with Crippen LogP contribution in [0.15, 0.2) is 24.3 Å². The molecule has 0 aliphatic rings. The third-order valence-electron chi connectivity index (χ3n) is 2.77. The molecule has 18 heavy (non-hydrogen) atoms. The maximum Gasteiger partial charge on any atom is 0.119 e. The molecule has 0 amide bonds. The van der Waals surface area contributed by atoms with E-state index in [1.165, 1.54) is 0 Å². The molecule has 98 valence electrons.